The second-order valence-corrected chi connectivity index (χ2v) is 9.25. The topological polar surface area (TPSA) is 66.5 Å². The molecule has 1 saturated heterocycles. The first-order valence-electron chi connectivity index (χ1n) is 9.33. The molecular weight excluding hydrogens is 379 g/mol. The molecule has 1 heterocycles. The van der Waals surface area contributed by atoms with E-state index in [0.29, 0.717) is 17.7 Å². The van der Waals surface area contributed by atoms with Crippen LogP contribution in [0.1, 0.15) is 29.5 Å². The predicted molar refractivity (Wildman–Crippen MR) is 107 cm³/mol. The normalized spacial score (nSPS) is 16.1. The molecule has 2 aromatic rings. The minimum atomic E-state index is -3.61. The molecule has 3 rings (SSSR count). The number of nitrogens with zero attached hydrogens (tertiary/aromatic N) is 1. The van der Waals surface area contributed by atoms with Crippen LogP contribution in [0.4, 0.5) is 10.1 Å². The number of para-hydroxylation sites is 1. The zero-order valence-corrected chi connectivity index (χ0v) is 17.1. The third kappa shape index (κ3) is 4.10. The van der Waals surface area contributed by atoms with Gasteiger partial charge in [-0.2, -0.15) is 4.31 Å². The summed E-state index contributed by atoms with van der Waals surface area (Å²) in [5.74, 6) is -1.10. The van der Waals surface area contributed by atoms with Gasteiger partial charge in [0.2, 0.25) is 15.9 Å². The number of sulfonamides is 1. The Hall–Kier alpha value is -2.25. The first-order chi connectivity index (χ1) is 13.2. The summed E-state index contributed by atoms with van der Waals surface area (Å²) < 4.78 is 41.4. The van der Waals surface area contributed by atoms with Crippen molar-refractivity contribution in [3.63, 3.8) is 0 Å². The summed E-state index contributed by atoms with van der Waals surface area (Å²) in [6.07, 6.45) is 0.812. The van der Waals surface area contributed by atoms with Crippen LogP contribution in [0.3, 0.4) is 0 Å². The molecule has 150 valence electrons. The van der Waals surface area contributed by atoms with Gasteiger partial charge in [0, 0.05) is 19.0 Å². The van der Waals surface area contributed by atoms with E-state index in [1.807, 2.05) is 32.9 Å². The van der Waals surface area contributed by atoms with Gasteiger partial charge in [-0.15, -0.1) is 0 Å². The van der Waals surface area contributed by atoms with Gasteiger partial charge in [-0.3, -0.25) is 4.79 Å². The van der Waals surface area contributed by atoms with Gasteiger partial charge in [0.25, 0.3) is 0 Å². The van der Waals surface area contributed by atoms with Gasteiger partial charge in [-0.1, -0.05) is 29.8 Å². The lowest BCUT2D eigenvalue weighted by molar-refractivity contribution is -0.120. The van der Waals surface area contributed by atoms with Crippen molar-refractivity contribution in [2.75, 3.05) is 18.4 Å². The Kier molecular flexibility index (Phi) is 5.86. The molecule has 7 heteroatoms. The summed E-state index contributed by atoms with van der Waals surface area (Å²) in [5, 5.41) is 2.61. The molecule has 1 aliphatic rings. The minimum absolute atomic E-state index is 0.147. The Morgan fingerprint density at radius 1 is 1.07 bits per heavy atom. The van der Waals surface area contributed by atoms with Crippen LogP contribution in [-0.2, 0) is 14.8 Å². The van der Waals surface area contributed by atoms with Crippen LogP contribution in [0, 0.1) is 32.5 Å². The Bertz CT molecular complexity index is 973. The van der Waals surface area contributed by atoms with Crippen molar-refractivity contribution < 1.29 is 17.6 Å². The molecule has 0 aromatic heterocycles. The van der Waals surface area contributed by atoms with E-state index in [1.165, 1.54) is 16.4 Å². The number of hydrogen-bond acceptors (Lipinski definition) is 3. The average molecular weight is 405 g/mol. The molecule has 5 nitrogen and oxygen atoms in total. The van der Waals surface area contributed by atoms with Gasteiger partial charge in [-0.25, -0.2) is 12.8 Å². The molecule has 0 radical (unpaired) electrons. The first kappa shape index (κ1) is 20.5. The third-order valence-electron chi connectivity index (χ3n) is 5.16. The van der Waals surface area contributed by atoms with E-state index >= 15 is 0 Å². The van der Waals surface area contributed by atoms with Crippen LogP contribution in [0.2, 0.25) is 0 Å². The number of aryl methyl sites for hydroxylation is 3. The summed E-state index contributed by atoms with van der Waals surface area (Å²) in [6, 6.07) is 9.75. The molecule has 1 fully saturated rings. The average Bonchev–Trinajstić information content (AvgIpc) is 2.62. The molecule has 0 atom stereocenters. The van der Waals surface area contributed by atoms with Crippen LogP contribution in [0.25, 0.3) is 0 Å². The van der Waals surface area contributed by atoms with Crippen molar-refractivity contribution in [2.45, 2.75) is 38.5 Å². The summed E-state index contributed by atoms with van der Waals surface area (Å²) in [6.45, 7) is 6.09. The molecule has 1 N–H and O–H groups in total. The number of nitrogens with one attached hydrogen (secondary N) is 1. The zero-order valence-electron chi connectivity index (χ0n) is 16.3. The lowest BCUT2D eigenvalue weighted by Gasteiger charge is -2.31. The van der Waals surface area contributed by atoms with Crippen molar-refractivity contribution in [1.29, 1.82) is 0 Å². The quantitative estimate of drug-likeness (QED) is 0.843. The Morgan fingerprint density at radius 3 is 2.21 bits per heavy atom. The predicted octanol–water partition coefficient (Wildman–Crippen LogP) is 3.79. The minimum Gasteiger partial charge on any atom is -0.323 e. The summed E-state index contributed by atoms with van der Waals surface area (Å²) in [5.41, 5.74) is 2.64. The molecule has 0 saturated carbocycles. The maximum atomic E-state index is 13.7. The van der Waals surface area contributed by atoms with E-state index in [2.05, 4.69) is 5.32 Å². The Balaban J connectivity index is 1.70. The van der Waals surface area contributed by atoms with Crippen LogP contribution in [0.5, 0.6) is 0 Å². The first-order valence-corrected chi connectivity index (χ1v) is 10.8. The van der Waals surface area contributed by atoms with Gasteiger partial charge in [-0.05, 0) is 56.9 Å². The summed E-state index contributed by atoms with van der Waals surface area (Å²) in [7, 11) is -3.61. The van der Waals surface area contributed by atoms with E-state index < -0.39 is 15.8 Å². The number of benzene rings is 2. The fourth-order valence-corrected chi connectivity index (χ4v) is 5.74. The van der Waals surface area contributed by atoms with Crippen molar-refractivity contribution >= 4 is 21.6 Å². The lowest BCUT2D eigenvalue weighted by Crippen LogP contribution is -2.41. The van der Waals surface area contributed by atoms with E-state index in [0.717, 1.165) is 16.7 Å². The molecule has 1 aliphatic heterocycles. The zero-order chi connectivity index (χ0) is 20.5. The molecule has 1 amide bonds. The third-order valence-corrected chi connectivity index (χ3v) is 7.36. The van der Waals surface area contributed by atoms with E-state index in [9.17, 15) is 17.6 Å². The number of piperidine rings is 1. The second-order valence-electron chi connectivity index (χ2n) is 7.38. The summed E-state index contributed by atoms with van der Waals surface area (Å²) >= 11 is 0. The van der Waals surface area contributed by atoms with Crippen LogP contribution < -0.4 is 5.32 Å². The van der Waals surface area contributed by atoms with Crippen LogP contribution in [0.15, 0.2) is 41.3 Å². The Labute approximate surface area is 165 Å². The molecule has 28 heavy (non-hydrogen) atoms. The Morgan fingerprint density at radius 2 is 1.64 bits per heavy atom. The van der Waals surface area contributed by atoms with Gasteiger partial charge in [0.15, 0.2) is 0 Å². The fraction of sp³-hybridized carbons (Fsp3) is 0.381. The maximum Gasteiger partial charge on any atom is 0.243 e. The van der Waals surface area contributed by atoms with Crippen molar-refractivity contribution in [1.82, 2.24) is 4.31 Å². The smallest absolute Gasteiger partial charge is 0.243 e. The SMILES string of the molecule is Cc1cc(C)c(S(=O)(=O)N2CCC(C(=O)Nc3ccccc3F)CC2)c(C)c1. The number of carbonyl (C=O) groups is 1. The number of anilines is 1. The largest absolute Gasteiger partial charge is 0.323 e. The van der Waals surface area contributed by atoms with Crippen LogP contribution >= 0.6 is 0 Å². The molecule has 0 aliphatic carbocycles. The number of halogens is 1. The number of rotatable bonds is 4. The number of hydrogen-bond donors (Lipinski definition) is 1. The van der Waals surface area contributed by atoms with Gasteiger partial charge < -0.3 is 5.32 Å². The number of amides is 1. The highest BCUT2D eigenvalue weighted by Gasteiger charge is 2.33. The molecule has 0 unspecified atom stereocenters. The van der Waals surface area contributed by atoms with Gasteiger partial charge >= 0.3 is 0 Å². The standard InChI is InChI=1S/C21H25FN2O3S/c1-14-12-15(2)20(16(3)13-14)28(26,27)24-10-8-17(9-11-24)21(25)23-19-7-5-4-6-18(19)22/h4-7,12-13,17H,8-11H2,1-3H3,(H,23,25). The maximum absolute atomic E-state index is 13.7. The second kappa shape index (κ2) is 8.01. The van der Waals surface area contributed by atoms with Gasteiger partial charge in [0.05, 0.1) is 10.6 Å². The molecular formula is C21H25FN2O3S. The van der Waals surface area contributed by atoms with E-state index in [4.69, 9.17) is 0 Å². The highest BCUT2D eigenvalue weighted by Crippen LogP contribution is 2.29. The molecule has 0 spiro atoms. The van der Waals surface area contributed by atoms with Gasteiger partial charge in [0.1, 0.15) is 5.82 Å². The summed E-state index contributed by atoms with van der Waals surface area (Å²) in [4.78, 5) is 12.8. The van der Waals surface area contributed by atoms with Crippen molar-refractivity contribution in [2.24, 2.45) is 5.92 Å². The van der Waals surface area contributed by atoms with E-state index in [-0.39, 0.29) is 30.6 Å². The molecule has 2 aromatic carbocycles. The van der Waals surface area contributed by atoms with E-state index in [1.54, 1.807) is 12.1 Å². The lowest BCUT2D eigenvalue weighted by atomic mass is 9.97. The number of carbonyl (C=O) groups excluding carboxylic acids is 1. The van der Waals surface area contributed by atoms with Crippen molar-refractivity contribution in [3.8, 4) is 0 Å². The van der Waals surface area contributed by atoms with Crippen LogP contribution in [-0.4, -0.2) is 31.7 Å². The monoisotopic (exact) mass is 404 g/mol. The highest BCUT2D eigenvalue weighted by molar-refractivity contribution is 7.89. The van der Waals surface area contributed by atoms with Crippen molar-refractivity contribution in [3.05, 3.63) is 58.9 Å². The highest BCUT2D eigenvalue weighted by atomic mass is 32.2. The fourth-order valence-electron chi connectivity index (χ4n) is 3.86. The molecule has 0 bridgehead atoms.